The van der Waals surface area contributed by atoms with E-state index < -0.39 is 21.7 Å². The van der Waals surface area contributed by atoms with Crippen molar-refractivity contribution >= 4 is 34.8 Å². The Morgan fingerprint density at radius 1 is 1.40 bits per heavy atom. The Kier molecular flexibility index (Phi) is 6.19. The van der Waals surface area contributed by atoms with Crippen molar-refractivity contribution in [3.05, 3.63) is 39.9 Å². The van der Waals surface area contributed by atoms with Gasteiger partial charge in [-0.2, -0.15) is 0 Å². The lowest BCUT2D eigenvalue weighted by atomic mass is 9.93. The summed E-state index contributed by atoms with van der Waals surface area (Å²) in [6.45, 7) is 1.48. The summed E-state index contributed by atoms with van der Waals surface area (Å²) in [4.78, 5) is 20.3. The van der Waals surface area contributed by atoms with Crippen molar-refractivity contribution in [2.24, 2.45) is 0 Å². The molecule has 2 N–H and O–H groups in total. The maximum absolute atomic E-state index is 11.4. The highest BCUT2D eigenvalue weighted by molar-refractivity contribution is 6.53. The smallest absolute Gasteiger partial charge is 0.269 e. The monoisotopic (exact) mass is 320 g/mol. The van der Waals surface area contributed by atoms with Gasteiger partial charge in [0.15, 0.2) is 4.84 Å². The first-order valence-corrected chi connectivity index (χ1v) is 6.67. The molecule has 1 amide bonds. The van der Waals surface area contributed by atoms with Crippen molar-refractivity contribution in [3.8, 4) is 0 Å². The van der Waals surface area contributed by atoms with E-state index in [0.29, 0.717) is 0 Å². The molecule has 0 saturated carbocycles. The van der Waals surface area contributed by atoms with Gasteiger partial charge >= 0.3 is 0 Å². The van der Waals surface area contributed by atoms with Crippen molar-refractivity contribution < 1.29 is 14.8 Å². The van der Waals surface area contributed by atoms with Gasteiger partial charge < -0.3 is 10.4 Å². The molecule has 0 heterocycles. The van der Waals surface area contributed by atoms with E-state index in [1.807, 2.05) is 0 Å². The van der Waals surface area contributed by atoms with Crippen molar-refractivity contribution in [2.75, 3.05) is 6.61 Å². The van der Waals surface area contributed by atoms with Gasteiger partial charge in [-0.1, -0.05) is 42.3 Å². The number of hydrogen-bond donors (Lipinski definition) is 2. The minimum absolute atomic E-state index is 0.0212. The zero-order valence-electron chi connectivity index (χ0n) is 10.6. The first-order valence-electron chi connectivity index (χ1n) is 5.80. The second kappa shape index (κ2) is 7.42. The van der Waals surface area contributed by atoms with Crippen LogP contribution in [0.25, 0.3) is 0 Å². The number of nitrogens with zero attached hydrogens (tertiary/aromatic N) is 1. The van der Waals surface area contributed by atoms with Crippen LogP contribution >= 0.6 is 23.2 Å². The standard InChI is InChI=1S/C12H14Cl2N2O4/c1-7(10(6-17)15-12(18)11(13)14)8-2-4-9(5-3-8)16(19)20/h2-5,7,10-11,17H,6H2,1H3,(H,15,18)/t7-,10+/m0/s1. The lowest BCUT2D eigenvalue weighted by Gasteiger charge is -2.23. The summed E-state index contributed by atoms with van der Waals surface area (Å²) in [6, 6.07) is 5.32. The van der Waals surface area contributed by atoms with Crippen LogP contribution in [0.5, 0.6) is 0 Å². The average molecular weight is 321 g/mol. The first-order chi connectivity index (χ1) is 9.36. The van der Waals surface area contributed by atoms with Crippen molar-refractivity contribution in [2.45, 2.75) is 23.7 Å². The molecule has 0 saturated heterocycles. The number of benzene rings is 1. The van der Waals surface area contributed by atoms with Gasteiger partial charge in [0.25, 0.3) is 11.6 Å². The van der Waals surface area contributed by atoms with Gasteiger partial charge in [0.05, 0.1) is 17.6 Å². The van der Waals surface area contributed by atoms with Gasteiger partial charge in [0, 0.05) is 18.1 Å². The van der Waals surface area contributed by atoms with Crippen LogP contribution in [0.1, 0.15) is 18.4 Å². The Balaban J connectivity index is 2.82. The lowest BCUT2D eigenvalue weighted by Crippen LogP contribution is -2.43. The number of carbonyl (C=O) groups is 1. The van der Waals surface area contributed by atoms with E-state index in [9.17, 15) is 20.0 Å². The number of hydrogen-bond acceptors (Lipinski definition) is 4. The van der Waals surface area contributed by atoms with Gasteiger partial charge in [-0.25, -0.2) is 0 Å². The minimum Gasteiger partial charge on any atom is -0.394 e. The number of rotatable bonds is 6. The highest BCUT2D eigenvalue weighted by atomic mass is 35.5. The normalized spacial score (nSPS) is 13.8. The molecule has 2 atom stereocenters. The fraction of sp³-hybridized carbons (Fsp3) is 0.417. The van der Waals surface area contributed by atoms with Gasteiger partial charge in [0.1, 0.15) is 0 Å². The van der Waals surface area contributed by atoms with Crippen LogP contribution < -0.4 is 5.32 Å². The summed E-state index contributed by atoms with van der Waals surface area (Å²) in [5.41, 5.74) is 0.725. The molecule has 0 aromatic heterocycles. The van der Waals surface area contributed by atoms with Crippen molar-refractivity contribution in [3.63, 3.8) is 0 Å². The molecule has 0 aliphatic carbocycles. The highest BCUT2D eigenvalue weighted by Crippen LogP contribution is 2.22. The van der Waals surface area contributed by atoms with Crippen LogP contribution in [-0.2, 0) is 4.79 Å². The van der Waals surface area contributed by atoms with Crippen LogP contribution in [0.3, 0.4) is 0 Å². The number of alkyl halides is 2. The summed E-state index contributed by atoms with van der Waals surface area (Å²) in [5, 5.41) is 22.4. The Hall–Kier alpha value is -1.37. The maximum Gasteiger partial charge on any atom is 0.269 e. The van der Waals surface area contributed by atoms with E-state index in [-0.39, 0.29) is 18.2 Å². The largest absolute Gasteiger partial charge is 0.394 e. The number of amides is 1. The van der Waals surface area contributed by atoms with E-state index in [2.05, 4.69) is 5.32 Å². The Labute approximate surface area is 125 Å². The summed E-state index contributed by atoms with van der Waals surface area (Å²) < 4.78 is 0. The topological polar surface area (TPSA) is 92.5 Å². The molecule has 6 nitrogen and oxygen atoms in total. The second-order valence-electron chi connectivity index (χ2n) is 4.24. The second-order valence-corrected chi connectivity index (χ2v) is 5.33. The molecule has 0 aliphatic rings. The van der Waals surface area contributed by atoms with Crippen molar-refractivity contribution in [1.82, 2.24) is 5.32 Å². The molecule has 20 heavy (non-hydrogen) atoms. The summed E-state index contributed by atoms with van der Waals surface area (Å²) in [5.74, 6) is -0.849. The molecule has 1 rings (SSSR count). The van der Waals surface area contributed by atoms with Gasteiger partial charge in [0.2, 0.25) is 0 Å². The molecule has 0 unspecified atom stereocenters. The van der Waals surface area contributed by atoms with E-state index in [1.54, 1.807) is 19.1 Å². The van der Waals surface area contributed by atoms with Gasteiger partial charge in [-0.3, -0.25) is 14.9 Å². The van der Waals surface area contributed by atoms with Crippen molar-refractivity contribution in [1.29, 1.82) is 0 Å². The van der Waals surface area contributed by atoms with E-state index >= 15 is 0 Å². The lowest BCUT2D eigenvalue weighted by molar-refractivity contribution is -0.384. The SMILES string of the molecule is C[C@@H](c1ccc([N+](=O)[O-])cc1)[C@@H](CO)NC(=O)C(Cl)Cl. The number of nitrogens with one attached hydrogen (secondary N) is 1. The van der Waals surface area contributed by atoms with E-state index in [0.717, 1.165) is 5.56 Å². The number of aliphatic hydroxyl groups is 1. The minimum atomic E-state index is -1.21. The quantitative estimate of drug-likeness (QED) is 0.476. The third kappa shape index (κ3) is 4.33. The molecule has 0 bridgehead atoms. The van der Waals surface area contributed by atoms with Gasteiger partial charge in [-0.05, 0) is 5.56 Å². The first kappa shape index (κ1) is 16.7. The number of nitro benzene ring substituents is 1. The molecule has 0 aliphatic heterocycles. The third-order valence-corrected chi connectivity index (χ3v) is 3.35. The number of nitro groups is 1. The molecular formula is C12H14Cl2N2O4. The molecule has 1 aromatic carbocycles. The van der Waals surface area contributed by atoms with Crippen LogP contribution in [0.4, 0.5) is 5.69 Å². The fourth-order valence-electron chi connectivity index (χ4n) is 1.71. The highest BCUT2D eigenvalue weighted by Gasteiger charge is 2.23. The van der Waals surface area contributed by atoms with Crippen LogP contribution in [0.15, 0.2) is 24.3 Å². The summed E-state index contributed by atoms with van der Waals surface area (Å²) in [7, 11) is 0. The number of non-ortho nitro benzene ring substituents is 1. The molecular weight excluding hydrogens is 307 g/mol. The third-order valence-electron chi connectivity index (χ3n) is 2.96. The fourth-order valence-corrected chi connectivity index (χ4v) is 1.83. The number of aliphatic hydroxyl groups excluding tert-OH is 1. The zero-order valence-corrected chi connectivity index (χ0v) is 12.1. The molecule has 0 radical (unpaired) electrons. The molecule has 110 valence electrons. The van der Waals surface area contributed by atoms with Crippen LogP contribution in [-0.4, -0.2) is 33.4 Å². The summed E-state index contributed by atoms with van der Waals surface area (Å²) in [6.07, 6.45) is 0. The molecule has 0 fully saturated rings. The van der Waals surface area contributed by atoms with E-state index in [4.69, 9.17) is 23.2 Å². The molecule has 8 heteroatoms. The molecule has 1 aromatic rings. The number of halogens is 2. The Bertz CT molecular complexity index is 479. The van der Waals surface area contributed by atoms with Gasteiger partial charge in [-0.15, -0.1) is 0 Å². The van der Waals surface area contributed by atoms with Crippen LogP contribution in [0.2, 0.25) is 0 Å². The summed E-state index contributed by atoms with van der Waals surface area (Å²) >= 11 is 10.9. The van der Waals surface area contributed by atoms with E-state index in [1.165, 1.54) is 12.1 Å². The number of carbonyl (C=O) groups excluding carboxylic acids is 1. The average Bonchev–Trinajstić information content (AvgIpc) is 2.43. The Morgan fingerprint density at radius 3 is 2.35 bits per heavy atom. The van der Waals surface area contributed by atoms with Crippen LogP contribution in [0, 0.1) is 10.1 Å². The zero-order chi connectivity index (χ0) is 15.3. The predicted molar refractivity (Wildman–Crippen MR) is 76.0 cm³/mol. The maximum atomic E-state index is 11.4. The Morgan fingerprint density at radius 2 is 1.95 bits per heavy atom. The predicted octanol–water partition coefficient (Wildman–Crippen LogP) is 1.98. The molecule has 0 spiro atoms.